The van der Waals surface area contributed by atoms with E-state index in [2.05, 4.69) is 9.35 Å². The minimum Gasteiger partial charge on any atom is -0.478 e. The molecule has 6 heteroatoms. The molecule has 2 heterocycles. The number of pyridine rings is 1. The fraction of sp³-hybridized carbons (Fsp3) is 0.333. The highest BCUT2D eigenvalue weighted by molar-refractivity contribution is 7.93. The third-order valence-corrected chi connectivity index (χ3v) is 4.53. The molecule has 1 atom stereocenters. The van der Waals surface area contributed by atoms with E-state index < -0.39 is 15.7 Å². The van der Waals surface area contributed by atoms with E-state index in [0.29, 0.717) is 17.3 Å². The van der Waals surface area contributed by atoms with E-state index in [1.54, 1.807) is 0 Å². The molecule has 0 saturated carbocycles. The second-order valence-corrected chi connectivity index (χ2v) is 5.61. The van der Waals surface area contributed by atoms with Crippen LogP contribution in [0.4, 0.5) is 0 Å². The Hall–Kier alpha value is -1.43. The normalized spacial score (nSPS) is 24.8. The molecule has 0 amide bonds. The molecular weight excluding hydrogens is 216 g/mol. The van der Waals surface area contributed by atoms with Crippen molar-refractivity contribution < 1.29 is 14.1 Å². The van der Waals surface area contributed by atoms with E-state index in [-0.39, 0.29) is 5.56 Å². The molecule has 0 saturated heterocycles. The van der Waals surface area contributed by atoms with Crippen molar-refractivity contribution >= 4 is 15.7 Å². The van der Waals surface area contributed by atoms with Crippen LogP contribution in [0.1, 0.15) is 16.8 Å². The molecule has 15 heavy (non-hydrogen) atoms. The summed E-state index contributed by atoms with van der Waals surface area (Å²) in [5.41, 5.74) is 0.0970. The van der Waals surface area contributed by atoms with Crippen LogP contribution in [0.25, 0.3) is 0 Å². The van der Waals surface area contributed by atoms with E-state index >= 15 is 0 Å². The van der Waals surface area contributed by atoms with Gasteiger partial charge in [-0.2, -0.15) is 0 Å². The summed E-state index contributed by atoms with van der Waals surface area (Å²) >= 11 is 0. The van der Waals surface area contributed by atoms with Crippen LogP contribution in [-0.4, -0.2) is 32.6 Å². The van der Waals surface area contributed by atoms with Crippen molar-refractivity contribution in [3.63, 3.8) is 0 Å². The summed E-state index contributed by atoms with van der Waals surface area (Å²) in [4.78, 5) is 14.5. The van der Waals surface area contributed by atoms with Gasteiger partial charge in [-0.1, -0.05) is 0 Å². The topological polar surface area (TPSA) is 79.6 Å². The Morgan fingerprint density at radius 2 is 2.27 bits per heavy atom. The minimum atomic E-state index is -2.35. The molecule has 1 N–H and O–H groups in total. The zero-order valence-electron chi connectivity index (χ0n) is 7.92. The highest BCUT2D eigenvalue weighted by Crippen LogP contribution is 2.17. The number of hydrogen-bond acceptors (Lipinski definition) is 4. The molecule has 0 radical (unpaired) electrons. The molecule has 1 unspecified atom stereocenters. The van der Waals surface area contributed by atoms with Crippen molar-refractivity contribution in [1.82, 2.24) is 4.98 Å². The Labute approximate surface area is 87.3 Å². The van der Waals surface area contributed by atoms with E-state index in [1.807, 2.05) is 0 Å². The maximum Gasteiger partial charge on any atom is 0.337 e. The van der Waals surface area contributed by atoms with Gasteiger partial charge < -0.3 is 5.11 Å². The molecule has 1 aromatic rings. The maximum absolute atomic E-state index is 12.1. The predicted octanol–water partition coefficient (Wildman–Crippen LogP) is 1.01. The van der Waals surface area contributed by atoms with Crippen LogP contribution >= 0.6 is 0 Å². The quantitative estimate of drug-likeness (QED) is 0.816. The minimum absolute atomic E-state index is 0.0970. The Morgan fingerprint density at radius 1 is 1.47 bits per heavy atom. The molecule has 5 nitrogen and oxygen atoms in total. The van der Waals surface area contributed by atoms with Crippen molar-refractivity contribution in [2.45, 2.75) is 11.4 Å². The van der Waals surface area contributed by atoms with Gasteiger partial charge in [0.25, 0.3) is 0 Å². The lowest BCUT2D eigenvalue weighted by Gasteiger charge is -2.02. The molecule has 0 spiro atoms. The van der Waals surface area contributed by atoms with E-state index in [1.165, 1.54) is 18.3 Å². The van der Waals surface area contributed by atoms with Gasteiger partial charge in [-0.15, -0.1) is 0 Å². The maximum atomic E-state index is 12.1. The van der Waals surface area contributed by atoms with Gasteiger partial charge in [0.1, 0.15) is 5.03 Å². The standard InChI is InChI=1S/C9H10N2O3S/c12-9(13)7-2-3-8(10-6-7)15(14)5-1-4-11-15/h2-3,6H,1,4-5H2,(H,12,13). The van der Waals surface area contributed by atoms with Gasteiger partial charge in [0.15, 0.2) is 0 Å². The van der Waals surface area contributed by atoms with Gasteiger partial charge in [0.2, 0.25) is 0 Å². The van der Waals surface area contributed by atoms with E-state index in [4.69, 9.17) is 5.11 Å². The number of rotatable bonds is 2. The first-order valence-corrected chi connectivity index (χ1v) is 6.20. The van der Waals surface area contributed by atoms with Crippen molar-refractivity contribution in [3.8, 4) is 0 Å². The Bertz CT molecular complexity index is 501. The number of aromatic nitrogens is 1. The summed E-state index contributed by atoms with van der Waals surface area (Å²) in [5.74, 6) is -0.515. The summed E-state index contributed by atoms with van der Waals surface area (Å²) < 4.78 is 16.1. The van der Waals surface area contributed by atoms with Gasteiger partial charge >= 0.3 is 5.97 Å². The highest BCUT2D eigenvalue weighted by atomic mass is 32.2. The predicted molar refractivity (Wildman–Crippen MR) is 54.4 cm³/mol. The van der Waals surface area contributed by atoms with Crippen LogP contribution in [0.3, 0.4) is 0 Å². The molecule has 1 aromatic heterocycles. The lowest BCUT2D eigenvalue weighted by molar-refractivity contribution is 0.0696. The largest absolute Gasteiger partial charge is 0.478 e. The molecule has 0 fully saturated rings. The summed E-state index contributed by atoms with van der Waals surface area (Å²) in [6.45, 7) is 0.598. The third kappa shape index (κ3) is 1.85. The van der Waals surface area contributed by atoms with Crippen molar-refractivity contribution in [1.29, 1.82) is 0 Å². The zero-order chi connectivity index (χ0) is 10.9. The van der Waals surface area contributed by atoms with Crippen LogP contribution in [0, 0.1) is 0 Å². The zero-order valence-corrected chi connectivity index (χ0v) is 8.74. The number of nitrogens with zero attached hydrogens (tertiary/aromatic N) is 2. The smallest absolute Gasteiger partial charge is 0.337 e. The van der Waals surface area contributed by atoms with Crippen LogP contribution < -0.4 is 0 Å². The number of aromatic carboxylic acids is 1. The fourth-order valence-corrected chi connectivity index (χ4v) is 3.32. The molecule has 1 aliphatic rings. The molecular formula is C9H10N2O3S. The Morgan fingerprint density at radius 3 is 2.73 bits per heavy atom. The van der Waals surface area contributed by atoms with E-state index in [0.717, 1.165) is 6.42 Å². The van der Waals surface area contributed by atoms with Crippen LogP contribution in [0.15, 0.2) is 27.7 Å². The van der Waals surface area contributed by atoms with Gasteiger partial charge in [-0.05, 0) is 18.6 Å². The highest BCUT2D eigenvalue weighted by Gasteiger charge is 2.18. The average Bonchev–Trinajstić information content (AvgIpc) is 2.67. The molecule has 0 aliphatic carbocycles. The van der Waals surface area contributed by atoms with Gasteiger partial charge in [0.05, 0.1) is 15.3 Å². The second-order valence-electron chi connectivity index (χ2n) is 3.24. The summed E-state index contributed by atoms with van der Waals surface area (Å²) in [6, 6.07) is 2.89. The summed E-state index contributed by atoms with van der Waals surface area (Å²) in [6.07, 6.45) is 2.03. The van der Waals surface area contributed by atoms with Gasteiger partial charge in [-0.25, -0.2) is 18.4 Å². The van der Waals surface area contributed by atoms with Crippen molar-refractivity contribution in [2.75, 3.05) is 12.3 Å². The first-order valence-electron chi connectivity index (χ1n) is 4.52. The first kappa shape index (κ1) is 10.1. The molecule has 0 bridgehead atoms. The number of carbonyl (C=O) groups is 1. The fourth-order valence-electron chi connectivity index (χ4n) is 1.40. The lowest BCUT2D eigenvalue weighted by atomic mass is 10.3. The molecule has 0 aromatic carbocycles. The van der Waals surface area contributed by atoms with Crippen LogP contribution in [0.2, 0.25) is 0 Å². The monoisotopic (exact) mass is 226 g/mol. The number of carboxylic acids is 1. The van der Waals surface area contributed by atoms with Crippen molar-refractivity contribution in [2.24, 2.45) is 4.36 Å². The lowest BCUT2D eigenvalue weighted by Crippen LogP contribution is -2.05. The summed E-state index contributed by atoms with van der Waals surface area (Å²) in [7, 11) is -2.35. The second kappa shape index (κ2) is 3.62. The van der Waals surface area contributed by atoms with Crippen LogP contribution in [-0.2, 0) is 9.73 Å². The Balaban J connectivity index is 2.40. The number of carboxylic acid groups (broad SMARTS) is 1. The van der Waals surface area contributed by atoms with Crippen LogP contribution in [0.5, 0.6) is 0 Å². The molecule has 80 valence electrons. The Kier molecular flexibility index (Phi) is 2.44. The molecule has 2 rings (SSSR count). The van der Waals surface area contributed by atoms with Crippen molar-refractivity contribution in [3.05, 3.63) is 23.9 Å². The van der Waals surface area contributed by atoms with E-state index in [9.17, 15) is 9.00 Å². The first-order chi connectivity index (χ1) is 7.12. The molecule has 1 aliphatic heterocycles. The van der Waals surface area contributed by atoms with Gasteiger partial charge in [-0.3, -0.25) is 0 Å². The SMILES string of the molecule is O=C(O)c1ccc(S2(=O)=NCCC2)nc1. The third-order valence-electron chi connectivity index (χ3n) is 2.19. The average molecular weight is 226 g/mol. The van der Waals surface area contributed by atoms with Gasteiger partial charge in [0, 0.05) is 18.5 Å². The number of hydrogen-bond donors (Lipinski definition) is 1. The summed E-state index contributed by atoms with van der Waals surface area (Å²) in [5, 5.41) is 9.06.